The zero-order chi connectivity index (χ0) is 24.5. The molecule has 0 heterocycles. The Hall–Kier alpha value is -3.88. The van der Waals surface area contributed by atoms with E-state index in [-0.39, 0.29) is 28.2 Å². The van der Waals surface area contributed by atoms with Gasteiger partial charge in [0.1, 0.15) is 5.75 Å². The van der Waals surface area contributed by atoms with Gasteiger partial charge < -0.3 is 15.4 Å². The van der Waals surface area contributed by atoms with E-state index in [9.17, 15) is 14.4 Å². The second-order valence-electron chi connectivity index (χ2n) is 7.03. The van der Waals surface area contributed by atoms with Gasteiger partial charge in [0.15, 0.2) is 6.61 Å². The van der Waals surface area contributed by atoms with Crippen LogP contribution in [0.5, 0.6) is 5.75 Å². The van der Waals surface area contributed by atoms with Gasteiger partial charge in [-0.3, -0.25) is 14.4 Å². The fourth-order valence-corrected chi connectivity index (χ4v) is 3.01. The van der Waals surface area contributed by atoms with Crippen LogP contribution in [0.3, 0.4) is 0 Å². The largest absolute Gasteiger partial charge is 0.484 e. The number of aryl methyl sites for hydroxylation is 1. The Balaban J connectivity index is 1.49. The number of rotatable bonds is 7. The number of carbonyl (C=O) groups excluding carboxylic acids is 3. The Bertz CT molecular complexity index is 1230. The molecule has 3 rings (SSSR count). The third-order valence-corrected chi connectivity index (χ3v) is 5.17. The third kappa shape index (κ3) is 7.33. The van der Waals surface area contributed by atoms with Gasteiger partial charge in [0.2, 0.25) is 0 Å². The molecule has 8 nitrogen and oxygen atoms in total. The molecule has 3 N–H and O–H groups in total. The van der Waals surface area contributed by atoms with Crippen LogP contribution in [0.25, 0.3) is 0 Å². The van der Waals surface area contributed by atoms with Crippen molar-refractivity contribution in [3.8, 4) is 5.75 Å². The van der Waals surface area contributed by atoms with E-state index in [0.717, 1.165) is 5.56 Å². The smallest absolute Gasteiger partial charge is 0.329 e. The molecule has 0 radical (unpaired) electrons. The van der Waals surface area contributed by atoms with E-state index >= 15 is 0 Å². The van der Waals surface area contributed by atoms with Crippen LogP contribution in [-0.2, 0) is 14.4 Å². The highest BCUT2D eigenvalue weighted by molar-refractivity contribution is 6.45. The maximum Gasteiger partial charge on any atom is 0.329 e. The number of hydrogen-bond acceptors (Lipinski definition) is 5. The quantitative estimate of drug-likeness (QED) is 0.254. The summed E-state index contributed by atoms with van der Waals surface area (Å²) in [7, 11) is 0. The molecule has 0 fully saturated rings. The van der Waals surface area contributed by atoms with E-state index in [1.807, 2.05) is 31.2 Å². The number of hydrogen-bond donors (Lipinski definition) is 3. The minimum atomic E-state index is -0.993. The molecular formula is C24H20Cl2N4O4. The number of carbonyl (C=O) groups is 3. The summed E-state index contributed by atoms with van der Waals surface area (Å²) in [6.45, 7) is 1.78. The first-order valence-corrected chi connectivity index (χ1v) is 10.7. The van der Waals surface area contributed by atoms with Crippen LogP contribution in [0.1, 0.15) is 11.1 Å². The average molecular weight is 499 g/mol. The minimum absolute atomic E-state index is 0.123. The lowest BCUT2D eigenvalue weighted by Crippen LogP contribution is -2.32. The minimum Gasteiger partial charge on any atom is -0.484 e. The van der Waals surface area contributed by atoms with Crippen molar-refractivity contribution in [2.75, 3.05) is 17.2 Å². The van der Waals surface area contributed by atoms with E-state index in [1.54, 1.807) is 36.4 Å². The van der Waals surface area contributed by atoms with Crippen LogP contribution >= 0.6 is 23.2 Å². The van der Waals surface area contributed by atoms with Gasteiger partial charge in [-0.2, -0.15) is 5.10 Å². The van der Waals surface area contributed by atoms with Gasteiger partial charge >= 0.3 is 11.8 Å². The summed E-state index contributed by atoms with van der Waals surface area (Å²) in [5, 5.41) is 9.23. The highest BCUT2D eigenvalue weighted by atomic mass is 35.5. The monoisotopic (exact) mass is 498 g/mol. The summed E-state index contributed by atoms with van der Waals surface area (Å²) in [6.07, 6.45) is 1.33. The lowest BCUT2D eigenvalue weighted by Gasteiger charge is -2.08. The average Bonchev–Trinajstić information content (AvgIpc) is 2.82. The number of halogens is 2. The number of amides is 3. The Morgan fingerprint density at radius 1 is 0.941 bits per heavy atom. The van der Waals surface area contributed by atoms with Crippen LogP contribution in [0, 0.1) is 6.92 Å². The second kappa shape index (κ2) is 11.8. The third-order valence-electron chi connectivity index (χ3n) is 4.35. The van der Waals surface area contributed by atoms with E-state index < -0.39 is 11.8 Å². The van der Waals surface area contributed by atoms with Gasteiger partial charge in [-0.05, 0) is 48.9 Å². The van der Waals surface area contributed by atoms with Gasteiger partial charge in [0, 0.05) is 5.69 Å². The van der Waals surface area contributed by atoms with Gasteiger partial charge in [-0.25, -0.2) is 5.43 Å². The molecule has 3 aromatic rings. The molecular weight excluding hydrogens is 479 g/mol. The Morgan fingerprint density at radius 2 is 1.68 bits per heavy atom. The van der Waals surface area contributed by atoms with Crippen molar-refractivity contribution in [2.45, 2.75) is 6.92 Å². The first-order valence-electron chi connectivity index (χ1n) is 9.99. The van der Waals surface area contributed by atoms with Gasteiger partial charge in [0.05, 0.1) is 21.9 Å². The van der Waals surface area contributed by atoms with Crippen LogP contribution in [-0.4, -0.2) is 30.5 Å². The van der Waals surface area contributed by atoms with Gasteiger partial charge in [0.25, 0.3) is 5.91 Å². The van der Waals surface area contributed by atoms with Crippen LogP contribution in [0.2, 0.25) is 10.0 Å². The van der Waals surface area contributed by atoms with Crippen molar-refractivity contribution in [3.63, 3.8) is 0 Å². The number of anilines is 2. The van der Waals surface area contributed by atoms with E-state index in [1.165, 1.54) is 12.3 Å². The van der Waals surface area contributed by atoms with Crippen LogP contribution < -0.4 is 20.8 Å². The Labute approximate surface area is 205 Å². The zero-order valence-electron chi connectivity index (χ0n) is 18.0. The fourth-order valence-electron chi connectivity index (χ4n) is 2.66. The number of benzene rings is 3. The van der Waals surface area contributed by atoms with Crippen molar-refractivity contribution >= 4 is 58.5 Å². The first kappa shape index (κ1) is 24.8. The summed E-state index contributed by atoms with van der Waals surface area (Å²) < 4.78 is 5.51. The summed E-state index contributed by atoms with van der Waals surface area (Å²) in [5.74, 6) is -1.82. The summed E-state index contributed by atoms with van der Waals surface area (Å²) in [5.41, 5.74) is 4.68. The van der Waals surface area contributed by atoms with Crippen LogP contribution in [0.15, 0.2) is 71.8 Å². The molecule has 3 aromatic carbocycles. The number of hydrazone groups is 1. The van der Waals surface area contributed by atoms with Gasteiger partial charge in [-0.1, -0.05) is 59.1 Å². The molecule has 0 aromatic heterocycles. The molecule has 3 amide bonds. The lowest BCUT2D eigenvalue weighted by atomic mass is 10.2. The second-order valence-corrected chi connectivity index (χ2v) is 7.82. The zero-order valence-corrected chi connectivity index (χ0v) is 19.5. The molecule has 174 valence electrons. The maximum atomic E-state index is 12.1. The van der Waals surface area contributed by atoms with Crippen LogP contribution in [0.4, 0.5) is 11.4 Å². The molecule has 0 aliphatic rings. The standard InChI is InChI=1S/C24H20Cl2N4O4/c1-15-8-10-17(11-9-15)28-21(31)14-34-18-5-2-4-16(12-18)13-27-30-24(33)23(32)29-20-7-3-6-19(25)22(20)26/h2-13H,14H2,1H3,(H,28,31)(H,29,32)(H,30,33)/b27-13-. The molecule has 0 saturated carbocycles. The summed E-state index contributed by atoms with van der Waals surface area (Å²) in [6, 6.07) is 18.8. The summed E-state index contributed by atoms with van der Waals surface area (Å²) in [4.78, 5) is 36.1. The maximum absolute atomic E-state index is 12.1. The molecule has 0 unspecified atom stereocenters. The fraction of sp³-hybridized carbons (Fsp3) is 0.0833. The summed E-state index contributed by atoms with van der Waals surface area (Å²) >= 11 is 11.9. The molecule has 0 atom stereocenters. The lowest BCUT2D eigenvalue weighted by molar-refractivity contribution is -0.136. The van der Waals surface area contributed by atoms with E-state index in [0.29, 0.717) is 17.0 Å². The highest BCUT2D eigenvalue weighted by Crippen LogP contribution is 2.29. The topological polar surface area (TPSA) is 109 Å². The molecule has 0 bridgehead atoms. The number of ether oxygens (including phenoxy) is 1. The molecule has 10 heteroatoms. The normalized spacial score (nSPS) is 10.6. The van der Waals surface area contributed by atoms with Crippen molar-refractivity contribution < 1.29 is 19.1 Å². The number of nitrogens with one attached hydrogen (secondary N) is 3. The van der Waals surface area contributed by atoms with Gasteiger partial charge in [-0.15, -0.1) is 0 Å². The predicted molar refractivity (Wildman–Crippen MR) is 133 cm³/mol. The van der Waals surface area contributed by atoms with Crippen molar-refractivity contribution in [1.82, 2.24) is 5.43 Å². The van der Waals surface area contributed by atoms with E-state index in [2.05, 4.69) is 21.2 Å². The van der Waals surface area contributed by atoms with Crippen molar-refractivity contribution in [3.05, 3.63) is 87.9 Å². The van der Waals surface area contributed by atoms with Crippen molar-refractivity contribution in [1.29, 1.82) is 0 Å². The number of nitrogens with zero attached hydrogens (tertiary/aromatic N) is 1. The molecule has 0 aliphatic heterocycles. The van der Waals surface area contributed by atoms with Crippen molar-refractivity contribution in [2.24, 2.45) is 5.10 Å². The highest BCUT2D eigenvalue weighted by Gasteiger charge is 2.15. The molecule has 0 spiro atoms. The predicted octanol–water partition coefficient (Wildman–Crippen LogP) is 4.41. The Kier molecular flexibility index (Phi) is 8.61. The molecule has 0 saturated heterocycles. The van der Waals surface area contributed by atoms with E-state index in [4.69, 9.17) is 27.9 Å². The first-order chi connectivity index (χ1) is 16.3. The SMILES string of the molecule is Cc1ccc(NC(=O)COc2cccc(/C=N\NC(=O)C(=O)Nc3cccc(Cl)c3Cl)c2)cc1. The Morgan fingerprint density at radius 3 is 2.44 bits per heavy atom. The molecule has 0 aliphatic carbocycles. The molecule has 34 heavy (non-hydrogen) atoms.